The average molecular weight is 244 g/mol. The van der Waals surface area contributed by atoms with Gasteiger partial charge in [0.25, 0.3) is 0 Å². The summed E-state index contributed by atoms with van der Waals surface area (Å²) >= 11 is 0. The molecule has 1 atom stereocenters. The minimum absolute atomic E-state index is 0.127. The number of carbonyl (C=O) groups excluding carboxylic acids is 1. The van der Waals surface area contributed by atoms with Crippen molar-refractivity contribution in [3.63, 3.8) is 0 Å². The van der Waals surface area contributed by atoms with Crippen LogP contribution >= 0.6 is 0 Å². The van der Waals surface area contributed by atoms with E-state index in [-0.39, 0.29) is 5.92 Å². The molecule has 0 aromatic rings. The van der Waals surface area contributed by atoms with Crippen LogP contribution in [0.4, 0.5) is 4.79 Å². The normalized spacial score (nSPS) is 12.2. The van der Waals surface area contributed by atoms with Crippen LogP contribution in [0.2, 0.25) is 0 Å². The van der Waals surface area contributed by atoms with Gasteiger partial charge in [0, 0.05) is 6.54 Å². The maximum absolute atomic E-state index is 11.4. The second-order valence-corrected chi connectivity index (χ2v) is 4.52. The molecular weight excluding hydrogens is 220 g/mol. The van der Waals surface area contributed by atoms with E-state index in [1.807, 2.05) is 0 Å². The van der Waals surface area contributed by atoms with Gasteiger partial charge in [-0.3, -0.25) is 0 Å². The molecule has 3 N–H and O–H groups in total. The molecule has 0 spiro atoms. The number of rotatable bonds is 8. The van der Waals surface area contributed by atoms with Crippen LogP contribution in [0.5, 0.6) is 0 Å². The summed E-state index contributed by atoms with van der Waals surface area (Å²) in [6.07, 6.45) is 4.33. The lowest BCUT2D eigenvalue weighted by Crippen LogP contribution is -2.48. The molecule has 0 rings (SSSR count). The van der Waals surface area contributed by atoms with Crippen molar-refractivity contribution in [1.82, 2.24) is 10.6 Å². The Hall–Kier alpha value is -1.26. The number of hydrogen-bond donors (Lipinski definition) is 3. The van der Waals surface area contributed by atoms with E-state index in [4.69, 9.17) is 5.11 Å². The maximum Gasteiger partial charge on any atom is 0.326 e. The van der Waals surface area contributed by atoms with Crippen molar-refractivity contribution in [2.45, 2.75) is 52.5 Å². The molecule has 0 bridgehead atoms. The van der Waals surface area contributed by atoms with Crippen LogP contribution in [0.1, 0.15) is 46.5 Å². The van der Waals surface area contributed by atoms with Gasteiger partial charge in [0.1, 0.15) is 6.04 Å². The number of amides is 2. The summed E-state index contributed by atoms with van der Waals surface area (Å²) in [4.78, 5) is 22.3. The second-order valence-electron chi connectivity index (χ2n) is 4.52. The van der Waals surface area contributed by atoms with E-state index in [1.165, 1.54) is 0 Å². The monoisotopic (exact) mass is 244 g/mol. The molecule has 2 amide bonds. The summed E-state index contributed by atoms with van der Waals surface area (Å²) in [7, 11) is 0. The summed E-state index contributed by atoms with van der Waals surface area (Å²) in [5.41, 5.74) is 0. The first kappa shape index (κ1) is 15.7. The fourth-order valence-corrected chi connectivity index (χ4v) is 1.46. The van der Waals surface area contributed by atoms with Crippen molar-refractivity contribution < 1.29 is 14.7 Å². The van der Waals surface area contributed by atoms with E-state index in [2.05, 4.69) is 17.6 Å². The summed E-state index contributed by atoms with van der Waals surface area (Å²) in [6.45, 7) is 6.25. The predicted molar refractivity (Wildman–Crippen MR) is 66.9 cm³/mol. The highest BCUT2D eigenvalue weighted by atomic mass is 16.4. The van der Waals surface area contributed by atoms with Crippen LogP contribution in [0.3, 0.4) is 0 Å². The number of hydrogen-bond acceptors (Lipinski definition) is 2. The average Bonchev–Trinajstić information content (AvgIpc) is 2.24. The SMILES string of the molecule is CCCCCCNC(=O)N[C@H](C(=O)O)C(C)C. The largest absolute Gasteiger partial charge is 0.480 e. The molecule has 0 aliphatic carbocycles. The quantitative estimate of drug-likeness (QED) is 0.571. The van der Waals surface area contributed by atoms with Gasteiger partial charge < -0.3 is 15.7 Å². The molecule has 17 heavy (non-hydrogen) atoms. The molecule has 0 saturated heterocycles. The molecular formula is C12H24N2O3. The first-order valence-corrected chi connectivity index (χ1v) is 6.26. The van der Waals surface area contributed by atoms with Crippen molar-refractivity contribution in [1.29, 1.82) is 0 Å². The van der Waals surface area contributed by atoms with Crippen LogP contribution in [-0.2, 0) is 4.79 Å². The van der Waals surface area contributed by atoms with Gasteiger partial charge in [0.15, 0.2) is 0 Å². The summed E-state index contributed by atoms with van der Waals surface area (Å²) in [5, 5.41) is 14.0. The number of carboxylic acids is 1. The summed E-state index contributed by atoms with van der Waals surface area (Å²) < 4.78 is 0. The molecule has 100 valence electrons. The zero-order valence-corrected chi connectivity index (χ0v) is 11.0. The fourth-order valence-electron chi connectivity index (χ4n) is 1.46. The molecule has 5 nitrogen and oxygen atoms in total. The van der Waals surface area contributed by atoms with Crippen molar-refractivity contribution in [3.8, 4) is 0 Å². The highest BCUT2D eigenvalue weighted by Gasteiger charge is 2.22. The highest BCUT2D eigenvalue weighted by Crippen LogP contribution is 2.01. The third-order valence-corrected chi connectivity index (χ3v) is 2.54. The van der Waals surface area contributed by atoms with Crippen molar-refractivity contribution >= 4 is 12.0 Å². The number of urea groups is 1. The van der Waals surface area contributed by atoms with Crippen molar-refractivity contribution in [3.05, 3.63) is 0 Å². The van der Waals surface area contributed by atoms with Gasteiger partial charge in [0.2, 0.25) is 0 Å². The third kappa shape index (κ3) is 7.60. The molecule has 0 aromatic carbocycles. The van der Waals surface area contributed by atoms with E-state index in [0.29, 0.717) is 6.54 Å². The minimum Gasteiger partial charge on any atom is -0.480 e. The van der Waals surface area contributed by atoms with Gasteiger partial charge >= 0.3 is 12.0 Å². The van der Waals surface area contributed by atoms with E-state index < -0.39 is 18.0 Å². The van der Waals surface area contributed by atoms with E-state index in [1.54, 1.807) is 13.8 Å². The van der Waals surface area contributed by atoms with Crippen LogP contribution in [0.15, 0.2) is 0 Å². The highest BCUT2D eigenvalue weighted by molar-refractivity contribution is 5.82. The van der Waals surface area contributed by atoms with E-state index >= 15 is 0 Å². The molecule has 0 unspecified atom stereocenters. The van der Waals surface area contributed by atoms with Crippen LogP contribution in [0, 0.1) is 5.92 Å². The lowest BCUT2D eigenvalue weighted by molar-refractivity contribution is -0.140. The van der Waals surface area contributed by atoms with Gasteiger partial charge in [-0.1, -0.05) is 40.0 Å². The van der Waals surface area contributed by atoms with Gasteiger partial charge in [-0.25, -0.2) is 9.59 Å². The topological polar surface area (TPSA) is 78.4 Å². The molecule has 0 radical (unpaired) electrons. The third-order valence-electron chi connectivity index (χ3n) is 2.54. The lowest BCUT2D eigenvalue weighted by atomic mass is 10.1. The first-order valence-electron chi connectivity index (χ1n) is 6.26. The molecule has 0 aromatic heterocycles. The summed E-state index contributed by atoms with van der Waals surface area (Å²) in [5.74, 6) is -1.13. The van der Waals surface area contributed by atoms with Crippen LogP contribution in [-0.4, -0.2) is 29.7 Å². The minimum atomic E-state index is -0.999. The van der Waals surface area contributed by atoms with Gasteiger partial charge in [-0.2, -0.15) is 0 Å². The van der Waals surface area contributed by atoms with Crippen LogP contribution < -0.4 is 10.6 Å². The zero-order chi connectivity index (χ0) is 13.3. The van der Waals surface area contributed by atoms with Crippen LogP contribution in [0.25, 0.3) is 0 Å². The molecule has 0 fully saturated rings. The van der Waals surface area contributed by atoms with Crippen molar-refractivity contribution in [2.24, 2.45) is 5.92 Å². The van der Waals surface area contributed by atoms with Gasteiger partial charge in [-0.15, -0.1) is 0 Å². The Morgan fingerprint density at radius 2 is 1.82 bits per heavy atom. The number of unbranched alkanes of at least 4 members (excludes halogenated alkanes) is 3. The van der Waals surface area contributed by atoms with E-state index in [9.17, 15) is 9.59 Å². The second kappa shape index (κ2) is 8.84. The number of carboxylic acid groups (broad SMARTS) is 1. The Kier molecular flexibility index (Phi) is 8.19. The molecule has 0 saturated carbocycles. The Morgan fingerprint density at radius 1 is 1.18 bits per heavy atom. The number of carbonyl (C=O) groups is 2. The molecule has 0 aliphatic rings. The molecule has 0 heterocycles. The van der Waals surface area contributed by atoms with Gasteiger partial charge in [-0.05, 0) is 12.3 Å². The lowest BCUT2D eigenvalue weighted by Gasteiger charge is -2.18. The molecule has 5 heteroatoms. The standard InChI is InChI=1S/C12H24N2O3/c1-4-5-6-7-8-13-12(17)14-10(9(2)3)11(15)16/h9-10H,4-8H2,1-3H3,(H,15,16)(H2,13,14,17)/t10-/m0/s1. The van der Waals surface area contributed by atoms with Gasteiger partial charge in [0.05, 0.1) is 0 Å². The summed E-state index contributed by atoms with van der Waals surface area (Å²) in [6, 6.07) is -1.23. The Morgan fingerprint density at radius 3 is 2.29 bits per heavy atom. The fraction of sp³-hybridized carbons (Fsp3) is 0.833. The van der Waals surface area contributed by atoms with Crippen molar-refractivity contribution in [2.75, 3.05) is 6.54 Å². The smallest absolute Gasteiger partial charge is 0.326 e. The van der Waals surface area contributed by atoms with E-state index in [0.717, 1.165) is 25.7 Å². The molecule has 0 aliphatic heterocycles. The maximum atomic E-state index is 11.4. The zero-order valence-electron chi connectivity index (χ0n) is 11.0. The Bertz CT molecular complexity index is 242. The Labute approximate surface area is 103 Å². The number of aliphatic carboxylic acids is 1. The predicted octanol–water partition coefficient (Wildman–Crippen LogP) is 1.98. The number of nitrogens with one attached hydrogen (secondary N) is 2. The first-order chi connectivity index (χ1) is 7.99. The Balaban J connectivity index is 3.80.